The smallest absolute Gasteiger partial charge is 0.462 e. The maximum absolute atomic E-state index is 12.4. The first kappa shape index (κ1) is 49.3. The Morgan fingerprint density at radius 3 is 1.37 bits per heavy atom. The molecule has 2 N–H and O–H groups in total. The second-order valence-electron chi connectivity index (χ2n) is 14.0. The summed E-state index contributed by atoms with van der Waals surface area (Å²) in [7, 11) is -4.76. The first-order valence-corrected chi connectivity index (χ1v) is 22.3. The standard InChI is InChI=1S/C42H77O8P/c1-3-5-7-9-11-13-15-17-19-21-23-25-27-29-31-33-35-37-42(44)50-40(39-49-51(45,46)47)38-48-41(43)36-34-32-30-28-26-24-22-20-18-16-14-12-10-8-6-4-2/h17,19,23,25,29,31,40H,3-16,18,20-22,24,26-28,30,32-39H2,1-2H3,(H2,45,46,47)/b19-17+,25-23+,31-29+/t40-/m1/s1. The largest absolute Gasteiger partial charge is 0.469 e. The number of rotatable bonds is 38. The first-order chi connectivity index (χ1) is 24.8. The Kier molecular flexibility index (Phi) is 36.7. The molecule has 0 spiro atoms. The van der Waals surface area contributed by atoms with Crippen molar-refractivity contribution in [2.45, 2.75) is 206 Å². The molecular formula is C42H77O8P. The van der Waals surface area contributed by atoms with E-state index in [4.69, 9.17) is 19.3 Å². The van der Waals surface area contributed by atoms with E-state index >= 15 is 0 Å². The summed E-state index contributed by atoms with van der Waals surface area (Å²) in [4.78, 5) is 42.8. The molecule has 0 rings (SSSR count). The third kappa shape index (κ3) is 40.9. The average molecular weight is 741 g/mol. The molecule has 0 aliphatic rings. The molecule has 0 aromatic carbocycles. The van der Waals surface area contributed by atoms with Crippen molar-refractivity contribution in [2.24, 2.45) is 0 Å². The van der Waals surface area contributed by atoms with Crippen LogP contribution in [0.2, 0.25) is 0 Å². The molecule has 51 heavy (non-hydrogen) atoms. The fraction of sp³-hybridized carbons (Fsp3) is 0.810. The van der Waals surface area contributed by atoms with Crippen LogP contribution in [0, 0.1) is 0 Å². The van der Waals surface area contributed by atoms with E-state index in [0.29, 0.717) is 12.8 Å². The summed E-state index contributed by atoms with van der Waals surface area (Å²) < 4.78 is 26.3. The Morgan fingerprint density at radius 1 is 0.510 bits per heavy atom. The van der Waals surface area contributed by atoms with Gasteiger partial charge < -0.3 is 19.3 Å². The molecule has 8 nitrogen and oxygen atoms in total. The van der Waals surface area contributed by atoms with Gasteiger partial charge in [-0.15, -0.1) is 0 Å². The molecule has 0 bridgehead atoms. The molecule has 9 heteroatoms. The van der Waals surface area contributed by atoms with Crippen LogP contribution in [-0.4, -0.2) is 41.0 Å². The highest BCUT2D eigenvalue weighted by molar-refractivity contribution is 7.46. The second kappa shape index (κ2) is 38.0. The lowest BCUT2D eigenvalue weighted by atomic mass is 10.0. The van der Waals surface area contributed by atoms with Crippen LogP contribution in [0.3, 0.4) is 0 Å². The Labute approximate surface area is 312 Å². The molecule has 0 aromatic heterocycles. The molecule has 0 saturated carbocycles. The lowest BCUT2D eigenvalue weighted by Crippen LogP contribution is -2.29. The van der Waals surface area contributed by atoms with Crippen LogP contribution in [0.4, 0.5) is 0 Å². The first-order valence-electron chi connectivity index (χ1n) is 20.8. The van der Waals surface area contributed by atoms with Crippen LogP contribution < -0.4 is 0 Å². The molecule has 1 atom stereocenters. The fourth-order valence-corrected chi connectivity index (χ4v) is 6.16. The van der Waals surface area contributed by atoms with Gasteiger partial charge in [0.1, 0.15) is 6.61 Å². The number of carbonyl (C=O) groups excluding carboxylic acids is 2. The molecule has 0 amide bonds. The van der Waals surface area contributed by atoms with Gasteiger partial charge in [-0.3, -0.25) is 14.1 Å². The highest BCUT2D eigenvalue weighted by atomic mass is 31.2. The number of allylic oxidation sites excluding steroid dienone is 6. The summed E-state index contributed by atoms with van der Waals surface area (Å²) in [5, 5.41) is 0. The number of unbranched alkanes of at least 4 members (excludes halogenated alkanes) is 22. The molecule has 0 unspecified atom stereocenters. The third-order valence-corrected chi connectivity index (χ3v) is 9.40. The quantitative estimate of drug-likeness (QED) is 0.0278. The molecule has 0 heterocycles. The number of phosphoric ester groups is 1. The SMILES string of the molecule is CCCCCCCC/C=C/C/C=C/C/C=C/CCCC(=O)O[C@H](COC(=O)CCCCCCCCCCCCCCCCCC)COP(=O)(O)O. The number of carbonyl (C=O) groups is 2. The van der Waals surface area contributed by atoms with Crippen LogP contribution in [-0.2, 0) is 28.2 Å². The minimum atomic E-state index is -4.76. The zero-order chi connectivity index (χ0) is 37.5. The lowest BCUT2D eigenvalue weighted by Gasteiger charge is -2.18. The molecule has 0 aliphatic heterocycles. The van der Waals surface area contributed by atoms with E-state index in [1.165, 1.54) is 122 Å². The topological polar surface area (TPSA) is 119 Å². The molecular weight excluding hydrogens is 663 g/mol. The van der Waals surface area contributed by atoms with Crippen molar-refractivity contribution in [1.82, 2.24) is 0 Å². The van der Waals surface area contributed by atoms with Crippen LogP contribution in [0.15, 0.2) is 36.5 Å². The van der Waals surface area contributed by atoms with E-state index in [1.54, 1.807) is 0 Å². The van der Waals surface area contributed by atoms with Crippen molar-refractivity contribution in [2.75, 3.05) is 13.2 Å². The van der Waals surface area contributed by atoms with Gasteiger partial charge in [0.05, 0.1) is 6.61 Å². The predicted molar refractivity (Wildman–Crippen MR) is 211 cm³/mol. The Bertz CT molecular complexity index is 926. The van der Waals surface area contributed by atoms with Crippen molar-refractivity contribution < 1.29 is 37.9 Å². The van der Waals surface area contributed by atoms with Crippen molar-refractivity contribution in [1.29, 1.82) is 0 Å². The van der Waals surface area contributed by atoms with E-state index in [2.05, 4.69) is 48.8 Å². The maximum atomic E-state index is 12.4. The monoisotopic (exact) mass is 741 g/mol. The second-order valence-corrected chi connectivity index (χ2v) is 15.2. The molecule has 0 aromatic rings. The Morgan fingerprint density at radius 2 is 0.902 bits per heavy atom. The maximum Gasteiger partial charge on any atom is 0.469 e. The number of phosphoric acid groups is 1. The molecule has 0 aliphatic carbocycles. The van der Waals surface area contributed by atoms with Gasteiger partial charge in [0.15, 0.2) is 6.10 Å². The highest BCUT2D eigenvalue weighted by Gasteiger charge is 2.22. The van der Waals surface area contributed by atoms with Crippen molar-refractivity contribution in [3.63, 3.8) is 0 Å². The molecule has 0 radical (unpaired) electrons. The minimum absolute atomic E-state index is 0.142. The normalized spacial score (nSPS) is 12.8. The van der Waals surface area contributed by atoms with Crippen LogP contribution in [0.5, 0.6) is 0 Å². The van der Waals surface area contributed by atoms with Crippen LogP contribution >= 0.6 is 7.82 Å². The van der Waals surface area contributed by atoms with Gasteiger partial charge in [0, 0.05) is 12.8 Å². The van der Waals surface area contributed by atoms with Gasteiger partial charge in [-0.25, -0.2) is 4.57 Å². The van der Waals surface area contributed by atoms with Gasteiger partial charge in [-0.05, 0) is 44.9 Å². The Hall–Kier alpha value is -1.73. The highest BCUT2D eigenvalue weighted by Crippen LogP contribution is 2.36. The molecule has 0 saturated heterocycles. The zero-order valence-corrected chi connectivity index (χ0v) is 33.6. The average Bonchev–Trinajstić information content (AvgIpc) is 3.10. The van der Waals surface area contributed by atoms with E-state index in [-0.39, 0.29) is 19.4 Å². The van der Waals surface area contributed by atoms with Crippen molar-refractivity contribution >= 4 is 19.8 Å². The number of hydrogen-bond donors (Lipinski definition) is 2. The van der Waals surface area contributed by atoms with E-state index in [9.17, 15) is 14.2 Å². The van der Waals surface area contributed by atoms with Gasteiger partial charge in [0.2, 0.25) is 0 Å². The number of esters is 2. The number of ether oxygens (including phenoxy) is 2. The lowest BCUT2D eigenvalue weighted by molar-refractivity contribution is -0.161. The molecule has 0 fully saturated rings. The van der Waals surface area contributed by atoms with Gasteiger partial charge in [0.25, 0.3) is 0 Å². The summed E-state index contributed by atoms with van der Waals surface area (Å²) in [6.45, 7) is 3.65. The van der Waals surface area contributed by atoms with E-state index in [0.717, 1.165) is 38.5 Å². The van der Waals surface area contributed by atoms with Crippen molar-refractivity contribution in [3.8, 4) is 0 Å². The number of hydrogen-bond acceptors (Lipinski definition) is 6. The van der Waals surface area contributed by atoms with Crippen molar-refractivity contribution in [3.05, 3.63) is 36.5 Å². The summed E-state index contributed by atoms with van der Waals surface area (Å²) in [6, 6.07) is 0. The van der Waals surface area contributed by atoms with Gasteiger partial charge in [-0.1, -0.05) is 179 Å². The van der Waals surface area contributed by atoms with Crippen LogP contribution in [0.1, 0.15) is 200 Å². The van der Waals surface area contributed by atoms with Crippen LogP contribution in [0.25, 0.3) is 0 Å². The van der Waals surface area contributed by atoms with E-state index in [1.807, 2.05) is 6.08 Å². The third-order valence-electron chi connectivity index (χ3n) is 8.91. The Balaban J connectivity index is 3.99. The summed E-state index contributed by atoms with van der Waals surface area (Å²) in [6.07, 6.45) is 44.4. The fourth-order valence-electron chi connectivity index (χ4n) is 5.80. The zero-order valence-electron chi connectivity index (χ0n) is 32.8. The predicted octanol–water partition coefficient (Wildman–Crippen LogP) is 12.6. The summed E-state index contributed by atoms with van der Waals surface area (Å²) in [5.41, 5.74) is 0. The van der Waals surface area contributed by atoms with E-state index < -0.39 is 32.5 Å². The summed E-state index contributed by atoms with van der Waals surface area (Å²) in [5.74, 6) is -0.940. The van der Waals surface area contributed by atoms with Gasteiger partial charge >= 0.3 is 19.8 Å². The molecule has 298 valence electrons. The minimum Gasteiger partial charge on any atom is -0.462 e. The summed E-state index contributed by atoms with van der Waals surface area (Å²) >= 11 is 0. The van der Waals surface area contributed by atoms with Gasteiger partial charge in [-0.2, -0.15) is 0 Å².